The summed E-state index contributed by atoms with van der Waals surface area (Å²) in [4.78, 5) is 27.5. The van der Waals surface area contributed by atoms with Gasteiger partial charge in [0.05, 0.1) is 5.56 Å². The van der Waals surface area contributed by atoms with Crippen molar-refractivity contribution in [1.82, 2.24) is 4.98 Å². The van der Waals surface area contributed by atoms with Gasteiger partial charge in [-0.1, -0.05) is 6.07 Å². The molecule has 0 aliphatic heterocycles. The molecule has 0 saturated heterocycles. The second-order valence-corrected chi connectivity index (χ2v) is 4.89. The molecule has 1 amide bonds. The maximum absolute atomic E-state index is 12.1. The highest BCUT2D eigenvalue weighted by Gasteiger charge is 2.13. The second-order valence-electron chi connectivity index (χ2n) is 4.89. The molecular formula is C16H16N2O3. The molecule has 0 bridgehead atoms. The topological polar surface area (TPSA) is 79.3 Å². The summed E-state index contributed by atoms with van der Waals surface area (Å²) in [5.74, 6) is -1.38. The van der Waals surface area contributed by atoms with Crippen molar-refractivity contribution in [2.75, 3.05) is 5.32 Å². The van der Waals surface area contributed by atoms with Gasteiger partial charge in [-0.25, -0.2) is 9.78 Å². The number of carboxylic acid groups (broad SMARTS) is 1. The van der Waals surface area contributed by atoms with Crippen LogP contribution < -0.4 is 5.32 Å². The number of pyridine rings is 1. The molecule has 2 rings (SSSR count). The predicted molar refractivity (Wildman–Crippen MR) is 79.8 cm³/mol. The molecule has 2 aromatic rings. The number of rotatable bonds is 3. The van der Waals surface area contributed by atoms with Crippen molar-refractivity contribution in [3.05, 3.63) is 58.4 Å². The van der Waals surface area contributed by atoms with Gasteiger partial charge < -0.3 is 10.4 Å². The van der Waals surface area contributed by atoms with Crippen molar-refractivity contribution in [2.45, 2.75) is 20.8 Å². The van der Waals surface area contributed by atoms with Crippen LogP contribution in [0.3, 0.4) is 0 Å². The fourth-order valence-electron chi connectivity index (χ4n) is 2.02. The summed E-state index contributed by atoms with van der Waals surface area (Å²) in [5.41, 5.74) is 3.17. The molecule has 108 valence electrons. The third kappa shape index (κ3) is 3.25. The fourth-order valence-corrected chi connectivity index (χ4v) is 2.02. The lowest BCUT2D eigenvalue weighted by Crippen LogP contribution is -2.15. The van der Waals surface area contributed by atoms with Crippen LogP contribution in [-0.4, -0.2) is 22.0 Å². The van der Waals surface area contributed by atoms with Gasteiger partial charge in [-0.2, -0.15) is 0 Å². The molecule has 0 radical (unpaired) electrons. The van der Waals surface area contributed by atoms with Gasteiger partial charge in [-0.05, 0) is 56.2 Å². The van der Waals surface area contributed by atoms with Gasteiger partial charge in [-0.3, -0.25) is 4.79 Å². The van der Waals surface area contributed by atoms with Gasteiger partial charge in [0.15, 0.2) is 0 Å². The predicted octanol–water partition coefficient (Wildman–Crippen LogP) is 2.96. The molecule has 0 spiro atoms. The van der Waals surface area contributed by atoms with E-state index in [0.717, 1.165) is 11.3 Å². The largest absolute Gasteiger partial charge is 0.478 e. The first-order valence-corrected chi connectivity index (χ1v) is 6.48. The SMILES string of the molecule is Cc1cccc(C(=O)Nc2cc(C)c(C)c(C(=O)O)c2)n1. The lowest BCUT2D eigenvalue weighted by molar-refractivity contribution is 0.0695. The summed E-state index contributed by atoms with van der Waals surface area (Å²) < 4.78 is 0. The van der Waals surface area contributed by atoms with E-state index in [2.05, 4.69) is 10.3 Å². The van der Waals surface area contributed by atoms with Crippen molar-refractivity contribution in [3.63, 3.8) is 0 Å². The number of aromatic carboxylic acids is 1. The van der Waals surface area contributed by atoms with Crippen molar-refractivity contribution in [1.29, 1.82) is 0 Å². The number of anilines is 1. The van der Waals surface area contributed by atoms with Gasteiger partial charge in [0.25, 0.3) is 5.91 Å². The Balaban J connectivity index is 2.32. The number of hydrogen-bond donors (Lipinski definition) is 2. The highest BCUT2D eigenvalue weighted by molar-refractivity contribution is 6.03. The van der Waals surface area contributed by atoms with Crippen LogP contribution in [0.5, 0.6) is 0 Å². The molecular weight excluding hydrogens is 268 g/mol. The van der Waals surface area contributed by atoms with E-state index in [1.165, 1.54) is 6.07 Å². The standard InChI is InChI=1S/C16H16N2O3/c1-9-7-12(8-13(11(9)3)16(20)21)18-15(19)14-6-4-5-10(2)17-14/h4-8H,1-3H3,(H,18,19)(H,20,21). The number of carboxylic acids is 1. The van der Waals surface area contributed by atoms with Crippen LogP contribution in [0.15, 0.2) is 30.3 Å². The Hall–Kier alpha value is -2.69. The van der Waals surface area contributed by atoms with Crippen LogP contribution in [0.1, 0.15) is 37.7 Å². The normalized spacial score (nSPS) is 10.2. The Kier molecular flexibility index (Phi) is 4.03. The minimum absolute atomic E-state index is 0.183. The van der Waals surface area contributed by atoms with Crippen molar-refractivity contribution >= 4 is 17.6 Å². The number of nitrogens with zero attached hydrogens (tertiary/aromatic N) is 1. The number of aromatic nitrogens is 1. The van der Waals surface area contributed by atoms with Crippen LogP contribution in [0.25, 0.3) is 0 Å². The van der Waals surface area contributed by atoms with Crippen LogP contribution in [-0.2, 0) is 0 Å². The number of amides is 1. The number of benzene rings is 1. The third-order valence-electron chi connectivity index (χ3n) is 3.28. The fraction of sp³-hybridized carbons (Fsp3) is 0.188. The molecule has 0 aliphatic rings. The van der Waals surface area contributed by atoms with Crippen molar-refractivity contribution in [2.24, 2.45) is 0 Å². The third-order valence-corrected chi connectivity index (χ3v) is 3.28. The smallest absolute Gasteiger partial charge is 0.336 e. The zero-order valence-electron chi connectivity index (χ0n) is 12.1. The highest BCUT2D eigenvalue weighted by Crippen LogP contribution is 2.20. The minimum Gasteiger partial charge on any atom is -0.478 e. The lowest BCUT2D eigenvalue weighted by Gasteiger charge is -2.10. The summed E-state index contributed by atoms with van der Waals surface area (Å²) in [6, 6.07) is 8.37. The maximum atomic E-state index is 12.1. The lowest BCUT2D eigenvalue weighted by atomic mass is 10.0. The number of carbonyl (C=O) groups excluding carboxylic acids is 1. The Morgan fingerprint density at radius 3 is 2.48 bits per heavy atom. The molecule has 2 N–H and O–H groups in total. The maximum Gasteiger partial charge on any atom is 0.336 e. The average molecular weight is 284 g/mol. The molecule has 1 aromatic heterocycles. The van der Waals surface area contributed by atoms with Crippen LogP contribution in [0, 0.1) is 20.8 Å². The molecule has 1 heterocycles. The zero-order chi connectivity index (χ0) is 15.6. The van der Waals surface area contributed by atoms with Crippen LogP contribution >= 0.6 is 0 Å². The van der Waals surface area contributed by atoms with Gasteiger partial charge in [-0.15, -0.1) is 0 Å². The Bertz CT molecular complexity index is 723. The number of aryl methyl sites for hydroxylation is 2. The van der Waals surface area contributed by atoms with Gasteiger partial charge in [0.2, 0.25) is 0 Å². The van der Waals surface area contributed by atoms with E-state index in [-0.39, 0.29) is 11.5 Å². The first-order chi connectivity index (χ1) is 9.88. The summed E-state index contributed by atoms with van der Waals surface area (Å²) in [7, 11) is 0. The highest BCUT2D eigenvalue weighted by atomic mass is 16.4. The van der Waals surface area contributed by atoms with Crippen molar-refractivity contribution in [3.8, 4) is 0 Å². The van der Waals surface area contributed by atoms with Gasteiger partial charge in [0, 0.05) is 11.4 Å². The van der Waals surface area contributed by atoms with Gasteiger partial charge >= 0.3 is 5.97 Å². The van der Waals surface area contributed by atoms with E-state index in [4.69, 9.17) is 0 Å². The average Bonchev–Trinajstić information content (AvgIpc) is 2.42. The van der Waals surface area contributed by atoms with Crippen molar-refractivity contribution < 1.29 is 14.7 Å². The Morgan fingerprint density at radius 2 is 1.86 bits per heavy atom. The van der Waals surface area contributed by atoms with E-state index >= 15 is 0 Å². The molecule has 0 aliphatic carbocycles. The second kappa shape index (κ2) is 5.75. The summed E-state index contributed by atoms with van der Waals surface area (Å²) >= 11 is 0. The van der Waals surface area contributed by atoms with E-state index in [0.29, 0.717) is 16.9 Å². The monoisotopic (exact) mass is 284 g/mol. The quantitative estimate of drug-likeness (QED) is 0.908. The minimum atomic E-state index is -1.01. The molecule has 21 heavy (non-hydrogen) atoms. The molecule has 5 nitrogen and oxygen atoms in total. The van der Waals surface area contributed by atoms with E-state index in [1.54, 1.807) is 38.1 Å². The molecule has 0 unspecified atom stereocenters. The number of hydrogen-bond acceptors (Lipinski definition) is 3. The van der Waals surface area contributed by atoms with Gasteiger partial charge in [0.1, 0.15) is 5.69 Å². The summed E-state index contributed by atoms with van der Waals surface area (Å²) in [6.07, 6.45) is 0. The Morgan fingerprint density at radius 1 is 1.14 bits per heavy atom. The van der Waals surface area contributed by atoms with E-state index < -0.39 is 5.97 Å². The molecule has 0 atom stereocenters. The zero-order valence-corrected chi connectivity index (χ0v) is 12.1. The van der Waals surface area contributed by atoms with Crippen LogP contribution in [0.4, 0.5) is 5.69 Å². The van der Waals surface area contributed by atoms with E-state index in [9.17, 15) is 14.7 Å². The molecule has 0 saturated carbocycles. The first-order valence-electron chi connectivity index (χ1n) is 6.48. The first kappa shape index (κ1) is 14.7. The Labute approximate surface area is 122 Å². The van der Waals surface area contributed by atoms with Crippen LogP contribution in [0.2, 0.25) is 0 Å². The number of carbonyl (C=O) groups is 2. The van der Waals surface area contributed by atoms with E-state index in [1.807, 2.05) is 6.92 Å². The summed E-state index contributed by atoms with van der Waals surface area (Å²) in [6.45, 7) is 5.35. The summed E-state index contributed by atoms with van der Waals surface area (Å²) in [5, 5.41) is 11.9. The molecule has 0 fully saturated rings. The number of nitrogens with one attached hydrogen (secondary N) is 1. The molecule has 1 aromatic carbocycles. The molecule has 5 heteroatoms.